The van der Waals surface area contributed by atoms with E-state index in [9.17, 15) is 9.18 Å². The minimum absolute atomic E-state index is 0.0118. The van der Waals surface area contributed by atoms with Crippen molar-refractivity contribution < 1.29 is 13.9 Å². The molecule has 2 heterocycles. The molecule has 2 atom stereocenters. The minimum Gasteiger partial charge on any atom is -0.496 e. The lowest BCUT2D eigenvalue weighted by Gasteiger charge is -2.39. The molecular formula is C16H20FNO2. The Labute approximate surface area is 118 Å². The molecule has 0 amide bonds. The number of hydrogen-bond donors (Lipinski definition) is 1. The molecule has 2 bridgehead atoms. The largest absolute Gasteiger partial charge is 0.496 e. The van der Waals surface area contributed by atoms with Crippen LogP contribution < -0.4 is 10.1 Å². The Morgan fingerprint density at radius 2 is 2.00 bits per heavy atom. The fraction of sp³-hybridized carbons (Fsp3) is 0.562. The number of benzene rings is 1. The van der Waals surface area contributed by atoms with Gasteiger partial charge in [0.25, 0.3) is 0 Å². The molecule has 1 aromatic carbocycles. The van der Waals surface area contributed by atoms with Gasteiger partial charge in [-0.25, -0.2) is 4.39 Å². The number of nitrogens with one attached hydrogen (secondary N) is 1. The highest BCUT2D eigenvalue weighted by molar-refractivity contribution is 6.00. The standard InChI is InChI=1S/C16H20FNO2/c1-20-15-6-5-11(17)9-14(15)16(19)10-7-12-3-2-4-13(8-10)18-12/h5-6,9-10,12-13,18H,2-4,7-8H2,1H3. The van der Waals surface area contributed by atoms with Crippen LogP contribution in [0, 0.1) is 11.7 Å². The third-order valence-electron chi connectivity index (χ3n) is 4.51. The van der Waals surface area contributed by atoms with E-state index in [4.69, 9.17) is 4.74 Å². The third-order valence-corrected chi connectivity index (χ3v) is 4.51. The number of piperidine rings is 2. The Morgan fingerprint density at radius 3 is 2.65 bits per heavy atom. The summed E-state index contributed by atoms with van der Waals surface area (Å²) in [6.07, 6.45) is 5.23. The van der Waals surface area contributed by atoms with Crippen molar-refractivity contribution in [2.45, 2.75) is 44.2 Å². The van der Waals surface area contributed by atoms with Crippen LogP contribution in [0.3, 0.4) is 0 Å². The predicted octanol–water partition coefficient (Wildman–Crippen LogP) is 2.94. The number of rotatable bonds is 3. The summed E-state index contributed by atoms with van der Waals surface area (Å²) >= 11 is 0. The molecule has 108 valence electrons. The topological polar surface area (TPSA) is 38.3 Å². The van der Waals surface area contributed by atoms with E-state index in [0.29, 0.717) is 23.4 Å². The lowest BCUT2D eigenvalue weighted by atomic mass is 9.77. The highest BCUT2D eigenvalue weighted by Crippen LogP contribution is 2.33. The summed E-state index contributed by atoms with van der Waals surface area (Å²) in [6, 6.07) is 5.04. The van der Waals surface area contributed by atoms with Crippen LogP contribution in [0.15, 0.2) is 18.2 Å². The molecule has 3 rings (SSSR count). The maximum atomic E-state index is 13.4. The molecule has 4 heteroatoms. The van der Waals surface area contributed by atoms with Crippen molar-refractivity contribution in [1.29, 1.82) is 0 Å². The predicted molar refractivity (Wildman–Crippen MR) is 74.6 cm³/mol. The maximum Gasteiger partial charge on any atom is 0.169 e. The van der Waals surface area contributed by atoms with Crippen LogP contribution in [0.25, 0.3) is 0 Å². The lowest BCUT2D eigenvalue weighted by Crippen LogP contribution is -2.50. The molecule has 1 aromatic rings. The van der Waals surface area contributed by atoms with Crippen molar-refractivity contribution in [2.24, 2.45) is 5.92 Å². The van der Waals surface area contributed by atoms with Crippen LogP contribution in [-0.4, -0.2) is 25.0 Å². The van der Waals surface area contributed by atoms with E-state index in [1.807, 2.05) is 0 Å². The SMILES string of the molecule is COc1ccc(F)cc1C(=O)C1CC2CCCC(C1)N2. The van der Waals surface area contributed by atoms with Gasteiger partial charge in [-0.2, -0.15) is 0 Å². The number of carbonyl (C=O) groups excluding carboxylic acids is 1. The first-order chi connectivity index (χ1) is 9.67. The first-order valence-electron chi connectivity index (χ1n) is 7.31. The van der Waals surface area contributed by atoms with E-state index in [2.05, 4.69) is 5.32 Å². The van der Waals surface area contributed by atoms with Gasteiger partial charge in [-0.15, -0.1) is 0 Å². The average molecular weight is 277 g/mol. The van der Waals surface area contributed by atoms with E-state index in [1.54, 1.807) is 0 Å². The molecule has 1 N–H and O–H groups in total. The van der Waals surface area contributed by atoms with Crippen LogP contribution in [0.2, 0.25) is 0 Å². The Kier molecular flexibility index (Phi) is 3.74. The highest BCUT2D eigenvalue weighted by Gasteiger charge is 2.35. The van der Waals surface area contributed by atoms with Gasteiger partial charge in [0, 0.05) is 18.0 Å². The highest BCUT2D eigenvalue weighted by atomic mass is 19.1. The lowest BCUT2D eigenvalue weighted by molar-refractivity contribution is 0.0821. The summed E-state index contributed by atoms with van der Waals surface area (Å²) in [7, 11) is 1.52. The molecule has 2 unspecified atom stereocenters. The second-order valence-electron chi connectivity index (χ2n) is 5.87. The molecule has 3 nitrogen and oxygen atoms in total. The zero-order chi connectivity index (χ0) is 14.1. The van der Waals surface area contributed by atoms with Gasteiger partial charge in [0.05, 0.1) is 12.7 Å². The molecule has 0 radical (unpaired) electrons. The van der Waals surface area contributed by atoms with Gasteiger partial charge in [0.1, 0.15) is 11.6 Å². The molecule has 2 saturated heterocycles. The molecule has 0 saturated carbocycles. The van der Waals surface area contributed by atoms with Gasteiger partial charge in [-0.1, -0.05) is 6.42 Å². The molecule has 0 aliphatic carbocycles. The van der Waals surface area contributed by atoms with E-state index >= 15 is 0 Å². The Bertz CT molecular complexity index is 505. The second kappa shape index (κ2) is 5.52. The zero-order valence-corrected chi connectivity index (χ0v) is 11.7. The Balaban J connectivity index is 1.83. The number of carbonyl (C=O) groups is 1. The van der Waals surface area contributed by atoms with Crippen LogP contribution in [-0.2, 0) is 0 Å². The summed E-state index contributed by atoms with van der Waals surface area (Å²) < 4.78 is 18.6. The fourth-order valence-corrected chi connectivity index (χ4v) is 3.57. The second-order valence-corrected chi connectivity index (χ2v) is 5.87. The summed E-state index contributed by atoms with van der Waals surface area (Å²) in [4.78, 5) is 12.7. The summed E-state index contributed by atoms with van der Waals surface area (Å²) in [5.41, 5.74) is 0.387. The normalized spacial score (nSPS) is 29.0. The van der Waals surface area contributed by atoms with E-state index < -0.39 is 0 Å². The van der Waals surface area contributed by atoms with Crippen molar-refractivity contribution >= 4 is 5.78 Å². The van der Waals surface area contributed by atoms with Crippen molar-refractivity contribution in [2.75, 3.05) is 7.11 Å². The van der Waals surface area contributed by atoms with Gasteiger partial charge >= 0.3 is 0 Å². The number of ketones is 1. The molecule has 2 aliphatic heterocycles. The fourth-order valence-electron chi connectivity index (χ4n) is 3.57. The van der Waals surface area contributed by atoms with Crippen molar-refractivity contribution in [3.8, 4) is 5.75 Å². The first kappa shape index (κ1) is 13.6. The smallest absolute Gasteiger partial charge is 0.169 e. The zero-order valence-electron chi connectivity index (χ0n) is 11.7. The van der Waals surface area contributed by atoms with E-state index in [-0.39, 0.29) is 17.5 Å². The minimum atomic E-state index is -0.386. The molecule has 2 aliphatic rings. The first-order valence-corrected chi connectivity index (χ1v) is 7.31. The molecule has 20 heavy (non-hydrogen) atoms. The molecule has 2 fully saturated rings. The number of halogens is 1. The van der Waals surface area contributed by atoms with Crippen molar-refractivity contribution in [3.05, 3.63) is 29.6 Å². The number of methoxy groups -OCH3 is 1. The number of hydrogen-bond acceptors (Lipinski definition) is 3. The van der Waals surface area contributed by atoms with Gasteiger partial charge in [0.2, 0.25) is 0 Å². The van der Waals surface area contributed by atoms with Crippen LogP contribution in [0.4, 0.5) is 4.39 Å². The van der Waals surface area contributed by atoms with Crippen LogP contribution >= 0.6 is 0 Å². The molecule has 0 aromatic heterocycles. The monoisotopic (exact) mass is 277 g/mol. The number of fused-ring (bicyclic) bond motifs is 2. The van der Waals surface area contributed by atoms with E-state index in [1.165, 1.54) is 31.7 Å². The quantitative estimate of drug-likeness (QED) is 0.863. The number of ether oxygens (including phenoxy) is 1. The molecular weight excluding hydrogens is 257 g/mol. The van der Waals surface area contributed by atoms with Gasteiger partial charge < -0.3 is 10.1 Å². The third kappa shape index (κ3) is 2.57. The van der Waals surface area contributed by atoms with Crippen LogP contribution in [0.1, 0.15) is 42.5 Å². The van der Waals surface area contributed by atoms with E-state index in [0.717, 1.165) is 25.7 Å². The van der Waals surface area contributed by atoms with Crippen LogP contribution in [0.5, 0.6) is 5.75 Å². The maximum absolute atomic E-state index is 13.4. The number of Topliss-reactive ketones (excluding diaryl/α,β-unsaturated/α-hetero) is 1. The summed E-state index contributed by atoms with van der Waals surface area (Å²) in [6.45, 7) is 0. The van der Waals surface area contributed by atoms with Crippen molar-refractivity contribution in [1.82, 2.24) is 5.32 Å². The summed E-state index contributed by atoms with van der Waals surface area (Å²) in [5.74, 6) is 0.102. The van der Waals surface area contributed by atoms with Gasteiger partial charge in [0.15, 0.2) is 5.78 Å². The Hall–Kier alpha value is -1.42. The van der Waals surface area contributed by atoms with Crippen molar-refractivity contribution in [3.63, 3.8) is 0 Å². The Morgan fingerprint density at radius 1 is 1.30 bits per heavy atom. The molecule has 0 spiro atoms. The summed E-state index contributed by atoms with van der Waals surface area (Å²) in [5, 5.41) is 3.57. The van der Waals surface area contributed by atoms with Gasteiger partial charge in [-0.05, 0) is 43.9 Å². The van der Waals surface area contributed by atoms with Gasteiger partial charge in [-0.3, -0.25) is 4.79 Å². The average Bonchev–Trinajstić information content (AvgIpc) is 2.46.